The Balaban J connectivity index is 2.25. The van der Waals surface area contributed by atoms with Gasteiger partial charge < -0.3 is 15.5 Å². The summed E-state index contributed by atoms with van der Waals surface area (Å²) in [5.74, 6) is 0.769. The number of hydrogen-bond donors (Lipinski definition) is 1. The fraction of sp³-hybridized carbons (Fsp3) is 1.00. The van der Waals surface area contributed by atoms with Crippen molar-refractivity contribution < 1.29 is 0 Å². The second-order valence-electron chi connectivity index (χ2n) is 4.89. The van der Waals surface area contributed by atoms with E-state index in [0.29, 0.717) is 6.04 Å². The molecule has 1 aliphatic heterocycles. The molecule has 15 heavy (non-hydrogen) atoms. The van der Waals surface area contributed by atoms with Crippen molar-refractivity contribution in [3.8, 4) is 0 Å². The maximum Gasteiger partial charge on any atom is 0.0170 e. The zero-order valence-corrected chi connectivity index (χ0v) is 10.6. The van der Waals surface area contributed by atoms with Crippen LogP contribution >= 0.6 is 0 Å². The molecule has 90 valence electrons. The first-order chi connectivity index (χ1) is 7.15. The van der Waals surface area contributed by atoms with E-state index in [2.05, 4.69) is 30.6 Å². The smallest absolute Gasteiger partial charge is 0.0170 e. The Labute approximate surface area is 94.6 Å². The lowest BCUT2D eigenvalue weighted by Crippen LogP contribution is -2.48. The van der Waals surface area contributed by atoms with Crippen molar-refractivity contribution in [3.63, 3.8) is 0 Å². The largest absolute Gasteiger partial charge is 0.327 e. The van der Waals surface area contributed by atoms with Crippen LogP contribution in [0.25, 0.3) is 0 Å². The van der Waals surface area contributed by atoms with Crippen molar-refractivity contribution in [3.05, 3.63) is 0 Å². The topological polar surface area (TPSA) is 32.5 Å². The van der Waals surface area contributed by atoms with Crippen molar-refractivity contribution in [2.24, 2.45) is 11.7 Å². The van der Waals surface area contributed by atoms with E-state index >= 15 is 0 Å². The van der Waals surface area contributed by atoms with Crippen molar-refractivity contribution >= 4 is 0 Å². The molecule has 0 spiro atoms. The molecular weight excluding hydrogens is 186 g/mol. The van der Waals surface area contributed by atoms with E-state index in [9.17, 15) is 0 Å². The molecule has 1 fully saturated rings. The standard InChI is InChI=1S/C12H27N3/c1-4-14(5-2)6-7-15-9-11(3)8-12(13)10-15/h11-12H,4-10,13H2,1-3H3. The molecule has 2 unspecified atom stereocenters. The molecule has 2 atom stereocenters. The number of nitrogens with two attached hydrogens (primary N) is 1. The van der Waals surface area contributed by atoms with Gasteiger partial charge in [-0.2, -0.15) is 0 Å². The van der Waals surface area contributed by atoms with Gasteiger partial charge in [-0.05, 0) is 25.4 Å². The van der Waals surface area contributed by atoms with Gasteiger partial charge in [0.25, 0.3) is 0 Å². The van der Waals surface area contributed by atoms with Crippen LogP contribution in [0.3, 0.4) is 0 Å². The maximum absolute atomic E-state index is 6.03. The lowest BCUT2D eigenvalue weighted by molar-refractivity contribution is 0.144. The molecule has 1 aliphatic rings. The van der Waals surface area contributed by atoms with Gasteiger partial charge >= 0.3 is 0 Å². The molecule has 0 aromatic heterocycles. The van der Waals surface area contributed by atoms with Crippen LogP contribution in [0, 0.1) is 5.92 Å². The third kappa shape index (κ3) is 4.49. The number of nitrogens with zero attached hydrogens (tertiary/aromatic N) is 2. The van der Waals surface area contributed by atoms with Crippen LogP contribution in [0.4, 0.5) is 0 Å². The van der Waals surface area contributed by atoms with Crippen LogP contribution in [0.1, 0.15) is 27.2 Å². The first-order valence-electron chi connectivity index (χ1n) is 6.36. The monoisotopic (exact) mass is 213 g/mol. The van der Waals surface area contributed by atoms with Crippen LogP contribution in [-0.2, 0) is 0 Å². The number of hydrogen-bond acceptors (Lipinski definition) is 3. The molecule has 2 N–H and O–H groups in total. The Morgan fingerprint density at radius 2 is 1.93 bits per heavy atom. The fourth-order valence-corrected chi connectivity index (χ4v) is 2.52. The molecule has 0 aliphatic carbocycles. The van der Waals surface area contributed by atoms with Gasteiger partial charge in [0.05, 0.1) is 0 Å². The first kappa shape index (κ1) is 12.9. The van der Waals surface area contributed by atoms with Crippen LogP contribution in [0.5, 0.6) is 0 Å². The summed E-state index contributed by atoms with van der Waals surface area (Å²) in [5, 5.41) is 0. The number of likely N-dealkylation sites (N-methyl/N-ethyl adjacent to an activating group) is 1. The molecule has 0 amide bonds. The van der Waals surface area contributed by atoms with Crippen molar-refractivity contribution in [1.29, 1.82) is 0 Å². The molecule has 1 saturated heterocycles. The quantitative estimate of drug-likeness (QED) is 0.739. The summed E-state index contributed by atoms with van der Waals surface area (Å²) in [7, 11) is 0. The molecule has 0 saturated carbocycles. The van der Waals surface area contributed by atoms with E-state index in [-0.39, 0.29) is 0 Å². The lowest BCUT2D eigenvalue weighted by Gasteiger charge is -2.35. The minimum Gasteiger partial charge on any atom is -0.327 e. The summed E-state index contributed by atoms with van der Waals surface area (Å²) in [5.41, 5.74) is 6.03. The third-order valence-electron chi connectivity index (χ3n) is 3.39. The fourth-order valence-electron chi connectivity index (χ4n) is 2.52. The Morgan fingerprint density at radius 3 is 2.47 bits per heavy atom. The van der Waals surface area contributed by atoms with E-state index in [4.69, 9.17) is 5.73 Å². The second kappa shape index (κ2) is 6.46. The molecule has 3 heteroatoms. The van der Waals surface area contributed by atoms with Gasteiger partial charge in [-0.3, -0.25) is 0 Å². The Hall–Kier alpha value is -0.120. The highest BCUT2D eigenvalue weighted by Crippen LogP contribution is 2.14. The van der Waals surface area contributed by atoms with Gasteiger partial charge in [-0.1, -0.05) is 20.8 Å². The summed E-state index contributed by atoms with van der Waals surface area (Å²) in [6, 6.07) is 0.394. The number of piperidine rings is 1. The van der Waals surface area contributed by atoms with E-state index < -0.39 is 0 Å². The van der Waals surface area contributed by atoms with Gasteiger partial charge in [0, 0.05) is 32.2 Å². The zero-order valence-electron chi connectivity index (χ0n) is 10.6. The van der Waals surface area contributed by atoms with Crippen molar-refractivity contribution in [2.45, 2.75) is 33.2 Å². The Morgan fingerprint density at radius 1 is 1.27 bits per heavy atom. The molecule has 0 aromatic carbocycles. The number of rotatable bonds is 5. The van der Waals surface area contributed by atoms with E-state index in [1.54, 1.807) is 0 Å². The van der Waals surface area contributed by atoms with Gasteiger partial charge in [-0.25, -0.2) is 0 Å². The molecule has 3 nitrogen and oxygen atoms in total. The molecule has 1 heterocycles. The van der Waals surface area contributed by atoms with E-state index in [0.717, 1.165) is 25.6 Å². The average molecular weight is 213 g/mol. The summed E-state index contributed by atoms with van der Waals surface area (Å²) in [4.78, 5) is 5.00. The summed E-state index contributed by atoms with van der Waals surface area (Å²) >= 11 is 0. The van der Waals surface area contributed by atoms with Gasteiger partial charge in [-0.15, -0.1) is 0 Å². The Bertz CT molecular complexity index is 158. The maximum atomic E-state index is 6.03. The zero-order chi connectivity index (χ0) is 11.3. The van der Waals surface area contributed by atoms with E-state index in [1.807, 2.05) is 0 Å². The molecule has 1 rings (SSSR count). The summed E-state index contributed by atoms with van der Waals surface area (Å²) < 4.78 is 0. The molecule has 0 bridgehead atoms. The summed E-state index contributed by atoms with van der Waals surface area (Å²) in [6.07, 6.45) is 1.20. The van der Waals surface area contributed by atoms with Gasteiger partial charge in [0.1, 0.15) is 0 Å². The second-order valence-corrected chi connectivity index (χ2v) is 4.89. The minimum atomic E-state index is 0.394. The van der Waals surface area contributed by atoms with Crippen molar-refractivity contribution in [1.82, 2.24) is 9.80 Å². The molecule has 0 aromatic rings. The normalized spacial score (nSPS) is 28.6. The number of likely N-dealkylation sites (tertiary alicyclic amines) is 1. The van der Waals surface area contributed by atoms with Crippen LogP contribution in [0.2, 0.25) is 0 Å². The first-order valence-corrected chi connectivity index (χ1v) is 6.36. The highest BCUT2D eigenvalue weighted by atomic mass is 15.2. The predicted octanol–water partition coefficient (Wildman–Crippen LogP) is 0.997. The van der Waals surface area contributed by atoms with Gasteiger partial charge in [0.15, 0.2) is 0 Å². The highest BCUT2D eigenvalue weighted by Gasteiger charge is 2.21. The van der Waals surface area contributed by atoms with E-state index in [1.165, 1.54) is 26.1 Å². The average Bonchev–Trinajstić information content (AvgIpc) is 2.18. The van der Waals surface area contributed by atoms with Gasteiger partial charge in [0.2, 0.25) is 0 Å². The molecule has 0 radical (unpaired) electrons. The predicted molar refractivity (Wildman–Crippen MR) is 66.0 cm³/mol. The SMILES string of the molecule is CCN(CC)CCN1CC(C)CC(N)C1. The Kier molecular flexibility index (Phi) is 5.58. The van der Waals surface area contributed by atoms with Crippen LogP contribution in [-0.4, -0.2) is 55.1 Å². The lowest BCUT2D eigenvalue weighted by atomic mass is 9.97. The highest BCUT2D eigenvalue weighted by molar-refractivity contribution is 4.79. The minimum absolute atomic E-state index is 0.394. The summed E-state index contributed by atoms with van der Waals surface area (Å²) in [6.45, 7) is 13.8. The van der Waals surface area contributed by atoms with Crippen LogP contribution < -0.4 is 5.73 Å². The van der Waals surface area contributed by atoms with Crippen LogP contribution in [0.15, 0.2) is 0 Å². The molecular formula is C12H27N3. The third-order valence-corrected chi connectivity index (χ3v) is 3.39. The van der Waals surface area contributed by atoms with Crippen molar-refractivity contribution in [2.75, 3.05) is 39.3 Å².